The van der Waals surface area contributed by atoms with E-state index in [1.54, 1.807) is 6.92 Å². The third-order valence-corrected chi connectivity index (χ3v) is 1.27. The van der Waals surface area contributed by atoms with Crippen LogP contribution in [0.4, 0.5) is 5.82 Å². The van der Waals surface area contributed by atoms with Crippen LogP contribution in [0, 0.1) is 6.92 Å². The van der Waals surface area contributed by atoms with Gasteiger partial charge >= 0.3 is 0 Å². The Labute approximate surface area is 57.9 Å². The van der Waals surface area contributed by atoms with Crippen LogP contribution in [0.5, 0.6) is 0 Å². The molecule has 0 saturated heterocycles. The summed E-state index contributed by atoms with van der Waals surface area (Å²) < 4.78 is 0. The Morgan fingerprint density at radius 2 is 2.33 bits per heavy atom. The number of hydrogen-bond acceptors (Lipinski definition) is 3. The van der Waals surface area contributed by atoms with Gasteiger partial charge in [-0.3, -0.25) is 4.98 Å². The van der Waals surface area contributed by atoms with Crippen molar-refractivity contribution in [2.24, 2.45) is 0 Å². The van der Waals surface area contributed by atoms with Gasteiger partial charge in [0.05, 0.1) is 11.9 Å². The maximum Gasteiger partial charge on any atom is 0.152 e. The summed E-state index contributed by atoms with van der Waals surface area (Å²) in [6, 6.07) is 0. The monoisotopic (exact) mass is 143 g/mol. The fourth-order valence-electron chi connectivity index (χ4n) is 0.439. The van der Waals surface area contributed by atoms with Crippen molar-refractivity contribution < 1.29 is 0 Å². The maximum atomic E-state index is 5.56. The highest BCUT2D eigenvalue weighted by molar-refractivity contribution is 6.30. The summed E-state index contributed by atoms with van der Waals surface area (Å²) in [5.41, 5.74) is 5.97. The van der Waals surface area contributed by atoms with E-state index in [1.807, 2.05) is 0 Å². The van der Waals surface area contributed by atoms with Gasteiger partial charge in [0.15, 0.2) is 5.15 Å². The van der Waals surface area contributed by atoms with Gasteiger partial charge in [-0.15, -0.1) is 0 Å². The second kappa shape index (κ2) is 2.19. The van der Waals surface area contributed by atoms with Gasteiger partial charge in [0.2, 0.25) is 0 Å². The molecule has 3 nitrogen and oxygen atoms in total. The van der Waals surface area contributed by atoms with Crippen molar-refractivity contribution in [2.75, 3.05) is 5.73 Å². The highest BCUT2D eigenvalue weighted by Crippen LogP contribution is 2.08. The van der Waals surface area contributed by atoms with E-state index in [-0.39, 0.29) is 0 Å². The van der Waals surface area contributed by atoms with Crippen LogP contribution < -0.4 is 5.73 Å². The van der Waals surface area contributed by atoms with E-state index in [1.165, 1.54) is 6.20 Å². The van der Waals surface area contributed by atoms with Crippen molar-refractivity contribution in [1.82, 2.24) is 9.97 Å². The van der Waals surface area contributed by atoms with Gasteiger partial charge in [0, 0.05) is 0 Å². The Hall–Kier alpha value is -0.830. The first-order valence-electron chi connectivity index (χ1n) is 2.45. The molecule has 1 heterocycles. The number of nitrogens with zero attached hydrogens (tertiary/aromatic N) is 2. The molecule has 1 aromatic rings. The lowest BCUT2D eigenvalue weighted by Crippen LogP contribution is -1.93. The molecule has 2 N–H and O–H groups in total. The Morgan fingerprint density at radius 1 is 1.67 bits per heavy atom. The van der Waals surface area contributed by atoms with Crippen molar-refractivity contribution in [2.45, 2.75) is 6.92 Å². The van der Waals surface area contributed by atoms with Gasteiger partial charge in [-0.1, -0.05) is 11.6 Å². The van der Waals surface area contributed by atoms with Gasteiger partial charge in [-0.05, 0) is 6.92 Å². The van der Waals surface area contributed by atoms with Crippen LogP contribution in [0.1, 0.15) is 5.69 Å². The molecule has 0 amide bonds. The zero-order valence-electron chi connectivity index (χ0n) is 4.93. The zero-order valence-corrected chi connectivity index (χ0v) is 5.68. The predicted molar refractivity (Wildman–Crippen MR) is 36.2 cm³/mol. The average Bonchev–Trinajstić information content (AvgIpc) is 1.80. The van der Waals surface area contributed by atoms with E-state index in [9.17, 15) is 0 Å². The van der Waals surface area contributed by atoms with Crippen LogP contribution >= 0.6 is 11.6 Å². The molecule has 1 rings (SSSR count). The van der Waals surface area contributed by atoms with Gasteiger partial charge in [-0.25, -0.2) is 4.98 Å². The average molecular weight is 144 g/mol. The van der Waals surface area contributed by atoms with E-state index in [0.29, 0.717) is 16.7 Å². The fraction of sp³-hybridized carbons (Fsp3) is 0.200. The highest BCUT2D eigenvalue weighted by atomic mass is 35.5. The fourth-order valence-corrected chi connectivity index (χ4v) is 0.586. The predicted octanol–water partition coefficient (Wildman–Crippen LogP) is 1.02. The largest absolute Gasteiger partial charge is 0.382 e. The molecule has 0 aliphatic heterocycles. The summed E-state index contributed by atoms with van der Waals surface area (Å²) in [6.45, 7) is 1.77. The topological polar surface area (TPSA) is 51.8 Å². The standard InChI is InChI=1S/C5H6ClN3/c1-3-5(6)9-4(7)2-8-3/h2H,1H3,(H2,7,9). The SMILES string of the molecule is Cc1ncc(N)nc1Cl. The van der Waals surface area contributed by atoms with Crippen molar-refractivity contribution in [1.29, 1.82) is 0 Å². The molecular formula is C5H6ClN3. The number of nitrogen functional groups attached to an aromatic ring is 1. The quantitative estimate of drug-likeness (QED) is 0.590. The molecule has 0 fully saturated rings. The molecule has 0 saturated carbocycles. The molecule has 0 aliphatic carbocycles. The number of hydrogen-bond donors (Lipinski definition) is 1. The second-order valence-electron chi connectivity index (χ2n) is 1.67. The molecule has 1 aromatic heterocycles. The first-order valence-corrected chi connectivity index (χ1v) is 2.82. The normalized spacial score (nSPS) is 9.56. The number of nitrogens with two attached hydrogens (primary N) is 1. The Kier molecular flexibility index (Phi) is 1.53. The third-order valence-electron chi connectivity index (χ3n) is 0.916. The molecule has 4 heteroatoms. The number of aryl methyl sites for hydroxylation is 1. The van der Waals surface area contributed by atoms with E-state index in [0.717, 1.165) is 0 Å². The Balaban J connectivity index is 3.17. The summed E-state index contributed by atoms with van der Waals surface area (Å²) in [4.78, 5) is 7.61. The lowest BCUT2D eigenvalue weighted by Gasteiger charge is -1.94. The number of halogens is 1. The summed E-state index contributed by atoms with van der Waals surface area (Å²) in [6.07, 6.45) is 1.47. The van der Waals surface area contributed by atoms with Crippen LogP contribution in [-0.2, 0) is 0 Å². The van der Waals surface area contributed by atoms with Crippen LogP contribution in [-0.4, -0.2) is 9.97 Å². The van der Waals surface area contributed by atoms with Crippen molar-refractivity contribution >= 4 is 17.4 Å². The summed E-state index contributed by atoms with van der Waals surface area (Å²) >= 11 is 5.56. The smallest absolute Gasteiger partial charge is 0.152 e. The summed E-state index contributed by atoms with van der Waals surface area (Å²) in [7, 11) is 0. The Morgan fingerprint density at radius 3 is 2.78 bits per heavy atom. The molecule has 0 aromatic carbocycles. The molecule has 0 aliphatic rings. The Bertz CT molecular complexity index is 223. The highest BCUT2D eigenvalue weighted by Gasteiger charge is 1.95. The first kappa shape index (κ1) is 6.29. The van der Waals surface area contributed by atoms with Gasteiger partial charge < -0.3 is 5.73 Å². The molecule has 0 spiro atoms. The molecule has 48 valence electrons. The van der Waals surface area contributed by atoms with Gasteiger partial charge in [0.25, 0.3) is 0 Å². The first-order chi connectivity index (χ1) is 4.20. The van der Waals surface area contributed by atoms with Crippen molar-refractivity contribution in [3.63, 3.8) is 0 Å². The minimum absolute atomic E-state index is 0.352. The summed E-state index contributed by atoms with van der Waals surface area (Å²) in [5.74, 6) is 0.352. The summed E-state index contributed by atoms with van der Waals surface area (Å²) in [5, 5.41) is 0.370. The van der Waals surface area contributed by atoms with E-state index in [2.05, 4.69) is 9.97 Å². The van der Waals surface area contributed by atoms with Crippen LogP contribution in [0.3, 0.4) is 0 Å². The van der Waals surface area contributed by atoms with Crippen LogP contribution in [0.25, 0.3) is 0 Å². The molecule has 0 unspecified atom stereocenters. The van der Waals surface area contributed by atoms with Gasteiger partial charge in [0.1, 0.15) is 5.82 Å². The second-order valence-corrected chi connectivity index (χ2v) is 2.03. The minimum atomic E-state index is 0.352. The lowest BCUT2D eigenvalue weighted by molar-refractivity contribution is 1.13. The van der Waals surface area contributed by atoms with Crippen LogP contribution in [0.15, 0.2) is 6.20 Å². The van der Waals surface area contributed by atoms with Crippen molar-refractivity contribution in [3.8, 4) is 0 Å². The maximum absolute atomic E-state index is 5.56. The number of anilines is 1. The molecular weight excluding hydrogens is 138 g/mol. The van der Waals surface area contributed by atoms with Crippen molar-refractivity contribution in [3.05, 3.63) is 17.0 Å². The molecule has 0 bridgehead atoms. The van der Waals surface area contributed by atoms with E-state index in [4.69, 9.17) is 17.3 Å². The minimum Gasteiger partial charge on any atom is -0.382 e. The lowest BCUT2D eigenvalue weighted by atomic mass is 10.5. The molecule has 0 atom stereocenters. The number of aromatic nitrogens is 2. The van der Waals surface area contributed by atoms with Gasteiger partial charge in [-0.2, -0.15) is 0 Å². The zero-order chi connectivity index (χ0) is 6.85. The number of rotatable bonds is 0. The molecule has 0 radical (unpaired) electrons. The third kappa shape index (κ3) is 1.29. The van der Waals surface area contributed by atoms with E-state index >= 15 is 0 Å². The van der Waals surface area contributed by atoms with E-state index < -0.39 is 0 Å². The van der Waals surface area contributed by atoms with Crippen LogP contribution in [0.2, 0.25) is 5.15 Å². The molecule has 9 heavy (non-hydrogen) atoms.